The third-order valence-corrected chi connectivity index (χ3v) is 6.74. The summed E-state index contributed by atoms with van der Waals surface area (Å²) in [4.78, 5) is 22.9. The number of nitrogens with zero attached hydrogens (tertiary/aromatic N) is 2. The summed E-state index contributed by atoms with van der Waals surface area (Å²) < 4.78 is 27.5. The van der Waals surface area contributed by atoms with Gasteiger partial charge in [-0.1, -0.05) is 38.8 Å². The van der Waals surface area contributed by atoms with Gasteiger partial charge in [0, 0.05) is 30.9 Å². The van der Waals surface area contributed by atoms with Crippen molar-refractivity contribution in [1.82, 2.24) is 4.31 Å². The molecule has 0 aliphatic rings. The predicted molar refractivity (Wildman–Crippen MR) is 126 cm³/mol. The zero-order chi connectivity index (χ0) is 23.6. The Labute approximate surface area is 189 Å². The lowest BCUT2D eigenvalue weighted by Gasteiger charge is -2.22. The second-order valence-corrected chi connectivity index (χ2v) is 9.21. The highest BCUT2D eigenvalue weighted by molar-refractivity contribution is 7.89. The molecule has 0 spiro atoms. The number of rotatable bonds is 12. The molecule has 32 heavy (non-hydrogen) atoms. The number of nitro groups is 1. The lowest BCUT2D eigenvalue weighted by Crippen LogP contribution is -2.33. The van der Waals surface area contributed by atoms with Gasteiger partial charge in [0.1, 0.15) is 0 Å². The molecule has 0 unspecified atom stereocenters. The normalized spacial score (nSPS) is 11.7. The first kappa shape index (κ1) is 25.2. The number of benzene rings is 2. The Balaban J connectivity index is 2.10. The fourth-order valence-corrected chi connectivity index (χ4v) is 4.54. The van der Waals surface area contributed by atoms with Crippen LogP contribution < -0.4 is 5.32 Å². The highest BCUT2D eigenvalue weighted by Gasteiger charge is 2.23. The SMILES string of the molecule is CCCCN(CCCC)S(=O)(=O)c1ccc(NC(=O)/C=C/c2ccccc2[N+](=O)[O-])cc1. The number of nitrogens with one attached hydrogen (secondary N) is 1. The maximum absolute atomic E-state index is 13.0. The minimum Gasteiger partial charge on any atom is -0.323 e. The van der Waals surface area contributed by atoms with Gasteiger partial charge in [-0.05, 0) is 49.2 Å². The van der Waals surface area contributed by atoms with Gasteiger partial charge in [0.25, 0.3) is 5.69 Å². The first-order chi connectivity index (χ1) is 15.3. The fraction of sp³-hybridized carbons (Fsp3) is 0.348. The summed E-state index contributed by atoms with van der Waals surface area (Å²) in [6.45, 7) is 5.00. The van der Waals surface area contributed by atoms with Crippen LogP contribution in [-0.4, -0.2) is 36.6 Å². The van der Waals surface area contributed by atoms with Crippen LogP contribution in [0.15, 0.2) is 59.5 Å². The number of hydrogen-bond donors (Lipinski definition) is 1. The zero-order valence-corrected chi connectivity index (χ0v) is 19.2. The molecule has 0 aliphatic carbocycles. The summed E-state index contributed by atoms with van der Waals surface area (Å²) >= 11 is 0. The van der Waals surface area contributed by atoms with E-state index in [0.29, 0.717) is 24.3 Å². The van der Waals surface area contributed by atoms with Gasteiger partial charge in [0.05, 0.1) is 15.4 Å². The number of sulfonamides is 1. The van der Waals surface area contributed by atoms with Crippen molar-refractivity contribution in [2.75, 3.05) is 18.4 Å². The first-order valence-corrected chi connectivity index (χ1v) is 12.1. The van der Waals surface area contributed by atoms with E-state index in [2.05, 4.69) is 5.32 Å². The van der Waals surface area contributed by atoms with Gasteiger partial charge < -0.3 is 5.32 Å². The van der Waals surface area contributed by atoms with E-state index < -0.39 is 20.9 Å². The predicted octanol–water partition coefficient (Wildman–Crippen LogP) is 4.84. The Morgan fingerprint density at radius 3 is 2.19 bits per heavy atom. The second kappa shape index (κ2) is 12.1. The molecule has 0 saturated heterocycles. The Hall–Kier alpha value is -3.04. The molecule has 0 fully saturated rings. The van der Waals surface area contributed by atoms with E-state index in [1.54, 1.807) is 18.2 Å². The number of para-hydroxylation sites is 1. The lowest BCUT2D eigenvalue weighted by atomic mass is 10.1. The van der Waals surface area contributed by atoms with Crippen molar-refractivity contribution in [1.29, 1.82) is 0 Å². The monoisotopic (exact) mass is 459 g/mol. The van der Waals surface area contributed by atoms with Gasteiger partial charge in [-0.3, -0.25) is 14.9 Å². The van der Waals surface area contributed by atoms with Gasteiger partial charge in [0.2, 0.25) is 15.9 Å². The number of amides is 1. The van der Waals surface area contributed by atoms with Crippen LogP contribution >= 0.6 is 0 Å². The Bertz CT molecular complexity index is 1040. The average molecular weight is 460 g/mol. The summed E-state index contributed by atoms with van der Waals surface area (Å²) in [6.07, 6.45) is 5.97. The average Bonchev–Trinajstić information content (AvgIpc) is 2.78. The summed E-state index contributed by atoms with van der Waals surface area (Å²) in [6, 6.07) is 12.1. The summed E-state index contributed by atoms with van der Waals surface area (Å²) in [5, 5.41) is 13.7. The van der Waals surface area contributed by atoms with Crippen molar-refractivity contribution in [2.45, 2.75) is 44.4 Å². The highest BCUT2D eigenvalue weighted by Crippen LogP contribution is 2.21. The fourth-order valence-electron chi connectivity index (χ4n) is 3.02. The molecule has 0 atom stereocenters. The molecular weight excluding hydrogens is 430 g/mol. The molecule has 0 aromatic heterocycles. The number of nitro benzene ring substituents is 1. The van der Waals surface area contributed by atoms with E-state index in [1.165, 1.54) is 46.8 Å². The molecular formula is C23H29N3O5S. The standard InChI is InChI=1S/C23H29N3O5S/c1-3-5-17-25(18-6-4-2)32(30,31)21-14-12-20(13-15-21)24-23(27)16-11-19-9-7-8-10-22(19)26(28)29/h7-16H,3-6,17-18H2,1-2H3,(H,24,27)/b16-11+. The molecule has 2 aromatic carbocycles. The molecule has 0 saturated carbocycles. The van der Waals surface area contributed by atoms with E-state index in [9.17, 15) is 23.3 Å². The van der Waals surface area contributed by atoms with E-state index in [1.807, 2.05) is 13.8 Å². The summed E-state index contributed by atoms with van der Waals surface area (Å²) in [5.41, 5.74) is 0.643. The van der Waals surface area contributed by atoms with E-state index >= 15 is 0 Å². The first-order valence-electron chi connectivity index (χ1n) is 10.6. The Morgan fingerprint density at radius 1 is 1.03 bits per heavy atom. The van der Waals surface area contributed by atoms with E-state index in [4.69, 9.17) is 0 Å². The van der Waals surface area contributed by atoms with Crippen LogP contribution in [0.25, 0.3) is 6.08 Å². The molecule has 0 aliphatic heterocycles. The van der Waals surface area contributed by atoms with Crippen molar-refractivity contribution in [3.63, 3.8) is 0 Å². The van der Waals surface area contributed by atoms with Gasteiger partial charge in [-0.25, -0.2) is 8.42 Å². The third-order valence-electron chi connectivity index (χ3n) is 4.83. The van der Waals surface area contributed by atoms with Crippen molar-refractivity contribution >= 4 is 33.4 Å². The molecule has 9 heteroatoms. The van der Waals surface area contributed by atoms with E-state index in [0.717, 1.165) is 25.7 Å². The maximum atomic E-state index is 13.0. The maximum Gasteiger partial charge on any atom is 0.276 e. The molecule has 0 radical (unpaired) electrons. The highest BCUT2D eigenvalue weighted by atomic mass is 32.2. The second-order valence-electron chi connectivity index (χ2n) is 7.27. The van der Waals surface area contributed by atoms with Crippen molar-refractivity contribution in [3.8, 4) is 0 Å². The van der Waals surface area contributed by atoms with Gasteiger partial charge in [-0.15, -0.1) is 0 Å². The summed E-state index contributed by atoms with van der Waals surface area (Å²) in [7, 11) is -3.61. The molecule has 8 nitrogen and oxygen atoms in total. The van der Waals surface area contributed by atoms with Crippen LogP contribution in [0.5, 0.6) is 0 Å². The molecule has 1 N–H and O–H groups in total. The van der Waals surface area contributed by atoms with E-state index in [-0.39, 0.29) is 10.6 Å². The van der Waals surface area contributed by atoms with Crippen molar-refractivity contribution in [2.24, 2.45) is 0 Å². The zero-order valence-electron chi connectivity index (χ0n) is 18.4. The van der Waals surface area contributed by atoms with Crippen molar-refractivity contribution < 1.29 is 18.1 Å². The Kier molecular flexibility index (Phi) is 9.55. The quantitative estimate of drug-likeness (QED) is 0.277. The van der Waals surface area contributed by atoms with Gasteiger partial charge in [-0.2, -0.15) is 4.31 Å². The number of unbranched alkanes of at least 4 members (excludes halogenated alkanes) is 2. The number of anilines is 1. The smallest absolute Gasteiger partial charge is 0.276 e. The van der Waals surface area contributed by atoms with Crippen LogP contribution in [0.2, 0.25) is 0 Å². The molecule has 0 heterocycles. The number of carbonyl (C=O) groups is 1. The Morgan fingerprint density at radius 2 is 1.62 bits per heavy atom. The largest absolute Gasteiger partial charge is 0.323 e. The number of hydrogen-bond acceptors (Lipinski definition) is 5. The molecule has 2 rings (SSSR count). The minimum atomic E-state index is -3.61. The minimum absolute atomic E-state index is 0.0955. The molecule has 1 amide bonds. The molecule has 172 valence electrons. The van der Waals surface area contributed by atoms with Crippen LogP contribution in [-0.2, 0) is 14.8 Å². The molecule has 2 aromatic rings. The van der Waals surface area contributed by atoms with Gasteiger partial charge >= 0.3 is 0 Å². The van der Waals surface area contributed by atoms with Gasteiger partial charge in [0.15, 0.2) is 0 Å². The molecule has 0 bridgehead atoms. The topological polar surface area (TPSA) is 110 Å². The van der Waals surface area contributed by atoms with Crippen LogP contribution in [0.1, 0.15) is 45.1 Å². The summed E-state index contributed by atoms with van der Waals surface area (Å²) in [5.74, 6) is -0.480. The number of carbonyl (C=O) groups excluding carboxylic acids is 1. The third kappa shape index (κ3) is 7.00. The van der Waals surface area contributed by atoms with Crippen LogP contribution in [0, 0.1) is 10.1 Å². The lowest BCUT2D eigenvalue weighted by molar-refractivity contribution is -0.385. The van der Waals surface area contributed by atoms with Crippen molar-refractivity contribution in [3.05, 3.63) is 70.3 Å². The van der Waals surface area contributed by atoms with Crippen LogP contribution in [0.4, 0.5) is 11.4 Å². The van der Waals surface area contributed by atoms with Crippen LogP contribution in [0.3, 0.4) is 0 Å².